The van der Waals surface area contributed by atoms with E-state index in [0.29, 0.717) is 10.7 Å². The highest BCUT2D eigenvalue weighted by Crippen LogP contribution is 2.22. The molecule has 1 N–H and O–H groups in total. The fourth-order valence-corrected chi connectivity index (χ4v) is 2.14. The molecule has 0 saturated carbocycles. The number of halogens is 1. The van der Waals surface area contributed by atoms with E-state index in [1.165, 1.54) is 0 Å². The van der Waals surface area contributed by atoms with Gasteiger partial charge >= 0.3 is 0 Å². The van der Waals surface area contributed by atoms with Crippen molar-refractivity contribution in [3.05, 3.63) is 64.4 Å². The predicted octanol–water partition coefficient (Wildman–Crippen LogP) is 3.53. The number of benzene rings is 1. The molecule has 0 saturated heterocycles. The second-order valence-corrected chi connectivity index (χ2v) is 4.79. The molecule has 1 atom stereocenters. The van der Waals surface area contributed by atoms with E-state index in [1.807, 2.05) is 50.2 Å². The van der Waals surface area contributed by atoms with Gasteiger partial charge in [0.25, 0.3) is 5.91 Å². The molecule has 0 spiro atoms. The van der Waals surface area contributed by atoms with Crippen LogP contribution in [0.4, 0.5) is 0 Å². The molecule has 3 nitrogen and oxygen atoms in total. The molecule has 0 aliphatic carbocycles. The van der Waals surface area contributed by atoms with Crippen LogP contribution in [0.25, 0.3) is 0 Å². The molecule has 2 rings (SSSR count). The van der Waals surface area contributed by atoms with Crippen molar-refractivity contribution in [2.24, 2.45) is 0 Å². The molecular weight excluding hydrogens is 260 g/mol. The van der Waals surface area contributed by atoms with Crippen molar-refractivity contribution >= 4 is 17.5 Å². The number of carbonyl (C=O) groups excluding carboxylic acids is 1. The maximum absolute atomic E-state index is 12.1. The van der Waals surface area contributed by atoms with Crippen molar-refractivity contribution in [1.82, 2.24) is 10.3 Å². The maximum atomic E-state index is 12.1. The lowest BCUT2D eigenvalue weighted by molar-refractivity contribution is 0.0934. The van der Waals surface area contributed by atoms with Crippen LogP contribution in [-0.2, 0) is 0 Å². The molecule has 1 unspecified atom stereocenters. The van der Waals surface area contributed by atoms with Crippen LogP contribution in [0.3, 0.4) is 0 Å². The minimum atomic E-state index is -0.198. The molecular formula is C15H15ClN2O. The highest BCUT2D eigenvalue weighted by Gasteiger charge is 2.14. The zero-order valence-electron chi connectivity index (χ0n) is 10.9. The number of aryl methyl sites for hydroxylation is 1. The van der Waals surface area contributed by atoms with Crippen LogP contribution in [0.15, 0.2) is 42.5 Å². The van der Waals surface area contributed by atoms with Gasteiger partial charge in [0, 0.05) is 10.7 Å². The van der Waals surface area contributed by atoms with Crippen molar-refractivity contribution in [1.29, 1.82) is 0 Å². The Morgan fingerprint density at radius 2 is 1.95 bits per heavy atom. The molecule has 4 heteroatoms. The average Bonchev–Trinajstić information content (AvgIpc) is 2.39. The SMILES string of the molecule is Cc1cccc(C(=O)NC(C)c2ccccc2Cl)n1. The van der Waals surface area contributed by atoms with Crippen LogP contribution >= 0.6 is 11.6 Å². The summed E-state index contributed by atoms with van der Waals surface area (Å²) in [7, 11) is 0. The zero-order chi connectivity index (χ0) is 13.8. The Morgan fingerprint density at radius 1 is 1.21 bits per heavy atom. The summed E-state index contributed by atoms with van der Waals surface area (Å²) in [5.41, 5.74) is 2.13. The minimum absolute atomic E-state index is 0.163. The molecule has 98 valence electrons. The number of hydrogen-bond acceptors (Lipinski definition) is 2. The first-order valence-corrected chi connectivity index (χ1v) is 6.44. The summed E-state index contributed by atoms with van der Waals surface area (Å²) in [4.78, 5) is 16.3. The molecule has 1 aromatic heterocycles. The van der Waals surface area contributed by atoms with E-state index in [0.717, 1.165) is 11.3 Å². The summed E-state index contributed by atoms with van der Waals surface area (Å²) in [6, 6.07) is 12.7. The van der Waals surface area contributed by atoms with Gasteiger partial charge in [0.2, 0.25) is 0 Å². The van der Waals surface area contributed by atoms with Gasteiger partial charge in [-0.3, -0.25) is 4.79 Å². The highest BCUT2D eigenvalue weighted by molar-refractivity contribution is 6.31. The van der Waals surface area contributed by atoms with Gasteiger partial charge in [-0.1, -0.05) is 35.9 Å². The number of nitrogens with zero attached hydrogens (tertiary/aromatic N) is 1. The molecule has 0 bridgehead atoms. The van der Waals surface area contributed by atoms with Crippen molar-refractivity contribution in [2.75, 3.05) is 0 Å². The first kappa shape index (κ1) is 13.6. The van der Waals surface area contributed by atoms with E-state index < -0.39 is 0 Å². The van der Waals surface area contributed by atoms with Crippen LogP contribution < -0.4 is 5.32 Å². The molecule has 19 heavy (non-hydrogen) atoms. The Labute approximate surface area is 117 Å². The number of pyridine rings is 1. The topological polar surface area (TPSA) is 42.0 Å². The summed E-state index contributed by atoms with van der Waals surface area (Å²) < 4.78 is 0. The monoisotopic (exact) mass is 274 g/mol. The van der Waals surface area contributed by atoms with Crippen LogP contribution in [-0.4, -0.2) is 10.9 Å². The summed E-state index contributed by atoms with van der Waals surface area (Å²) in [5, 5.41) is 3.54. The number of nitrogens with one attached hydrogen (secondary N) is 1. The van der Waals surface area contributed by atoms with E-state index >= 15 is 0 Å². The molecule has 0 radical (unpaired) electrons. The molecule has 0 fully saturated rings. The zero-order valence-corrected chi connectivity index (χ0v) is 11.6. The number of carbonyl (C=O) groups is 1. The highest BCUT2D eigenvalue weighted by atomic mass is 35.5. The van der Waals surface area contributed by atoms with Crippen molar-refractivity contribution in [3.63, 3.8) is 0 Å². The van der Waals surface area contributed by atoms with Crippen LogP contribution in [0.5, 0.6) is 0 Å². The number of aromatic nitrogens is 1. The van der Waals surface area contributed by atoms with E-state index in [4.69, 9.17) is 11.6 Å². The van der Waals surface area contributed by atoms with Gasteiger partial charge in [0.05, 0.1) is 6.04 Å². The smallest absolute Gasteiger partial charge is 0.270 e. The van der Waals surface area contributed by atoms with Gasteiger partial charge in [0.1, 0.15) is 5.69 Å². The predicted molar refractivity (Wildman–Crippen MR) is 76.3 cm³/mol. The summed E-state index contributed by atoms with van der Waals surface area (Å²) in [6.07, 6.45) is 0. The first-order valence-electron chi connectivity index (χ1n) is 6.07. The van der Waals surface area contributed by atoms with Crippen molar-refractivity contribution < 1.29 is 4.79 Å². The van der Waals surface area contributed by atoms with Gasteiger partial charge in [0.15, 0.2) is 0 Å². The van der Waals surface area contributed by atoms with Crippen LogP contribution in [0, 0.1) is 6.92 Å². The number of hydrogen-bond donors (Lipinski definition) is 1. The van der Waals surface area contributed by atoms with Gasteiger partial charge < -0.3 is 5.32 Å². The van der Waals surface area contributed by atoms with Gasteiger partial charge in [-0.25, -0.2) is 4.98 Å². The lowest BCUT2D eigenvalue weighted by Crippen LogP contribution is -2.27. The molecule has 0 aliphatic heterocycles. The summed E-state index contributed by atoms with van der Waals surface area (Å²) in [6.45, 7) is 3.75. The minimum Gasteiger partial charge on any atom is -0.344 e. The van der Waals surface area contributed by atoms with E-state index in [1.54, 1.807) is 6.07 Å². The van der Waals surface area contributed by atoms with Crippen LogP contribution in [0.1, 0.15) is 34.7 Å². The third-order valence-electron chi connectivity index (χ3n) is 2.84. The van der Waals surface area contributed by atoms with E-state index in [9.17, 15) is 4.79 Å². The fourth-order valence-electron chi connectivity index (χ4n) is 1.84. The molecule has 2 aromatic rings. The molecule has 0 aliphatic rings. The average molecular weight is 275 g/mol. The fraction of sp³-hybridized carbons (Fsp3) is 0.200. The van der Waals surface area contributed by atoms with Crippen molar-refractivity contribution in [3.8, 4) is 0 Å². The second-order valence-electron chi connectivity index (χ2n) is 4.38. The second kappa shape index (κ2) is 5.85. The van der Waals surface area contributed by atoms with Gasteiger partial charge in [-0.05, 0) is 37.6 Å². The first-order chi connectivity index (χ1) is 9.08. The van der Waals surface area contributed by atoms with E-state index in [-0.39, 0.29) is 11.9 Å². The quantitative estimate of drug-likeness (QED) is 0.930. The standard InChI is InChI=1S/C15H15ClN2O/c1-10-6-5-9-14(17-10)15(19)18-11(2)12-7-3-4-8-13(12)16/h3-9,11H,1-2H3,(H,18,19). The lowest BCUT2D eigenvalue weighted by Gasteiger charge is -2.15. The third kappa shape index (κ3) is 3.32. The number of rotatable bonds is 3. The Kier molecular flexibility index (Phi) is 4.17. The maximum Gasteiger partial charge on any atom is 0.270 e. The summed E-state index contributed by atoms with van der Waals surface area (Å²) in [5.74, 6) is -0.198. The molecule has 1 amide bonds. The van der Waals surface area contributed by atoms with Crippen molar-refractivity contribution in [2.45, 2.75) is 19.9 Å². The Hall–Kier alpha value is -1.87. The third-order valence-corrected chi connectivity index (χ3v) is 3.18. The van der Waals surface area contributed by atoms with Gasteiger partial charge in [-0.2, -0.15) is 0 Å². The normalized spacial score (nSPS) is 11.9. The summed E-state index contributed by atoms with van der Waals surface area (Å²) >= 11 is 6.11. The molecule has 1 aromatic carbocycles. The Bertz CT molecular complexity index is 598. The Balaban J connectivity index is 2.13. The van der Waals surface area contributed by atoms with Gasteiger partial charge in [-0.15, -0.1) is 0 Å². The Morgan fingerprint density at radius 3 is 2.63 bits per heavy atom. The number of amides is 1. The van der Waals surface area contributed by atoms with E-state index in [2.05, 4.69) is 10.3 Å². The van der Waals surface area contributed by atoms with Crippen LogP contribution in [0.2, 0.25) is 5.02 Å². The largest absolute Gasteiger partial charge is 0.344 e. The molecule has 1 heterocycles. The lowest BCUT2D eigenvalue weighted by atomic mass is 10.1.